The molecule has 6 nitrogen and oxygen atoms in total. The Morgan fingerprint density at radius 1 is 0.286 bits per heavy atom. The van der Waals surface area contributed by atoms with Crippen LogP contribution in [0.2, 0.25) is 0 Å². The first-order valence-electron chi connectivity index (χ1n) is 0. The molecule has 12 N–H and O–H groups in total. The molecule has 0 fully saturated rings. The van der Waals surface area contributed by atoms with Crippen molar-refractivity contribution in [2.24, 2.45) is 0 Å². The minimum absolute atomic E-state index is 0. The zero-order valence-electron chi connectivity index (χ0n) is 3.58. The van der Waals surface area contributed by atoms with Crippen LogP contribution >= 0.6 is 0 Å². The van der Waals surface area contributed by atoms with Gasteiger partial charge in [0.2, 0.25) is 0 Å². The summed E-state index contributed by atoms with van der Waals surface area (Å²) in [6, 6.07) is 0. The molecular weight excluding hydrogens is 123 g/mol. The summed E-state index contributed by atoms with van der Waals surface area (Å²) in [6.07, 6.45) is 0. The Hall–Kier alpha value is 0.292. The molecule has 0 spiro atoms. The second-order valence-corrected chi connectivity index (χ2v) is 0. The largest absolute Gasteiger partial charge is 3.00 e. The SMILES string of the molecule is O.O.O.O.O.O.[Al+3]. The summed E-state index contributed by atoms with van der Waals surface area (Å²) in [5.41, 5.74) is 0. The predicted molar refractivity (Wildman–Crippen MR) is 27.4 cm³/mol. The second-order valence-electron chi connectivity index (χ2n) is 0. The van der Waals surface area contributed by atoms with Gasteiger partial charge in [-0.3, -0.25) is 0 Å². The average Bonchev–Trinajstić information content (AvgIpc) is 0. The monoisotopic (exact) mass is 135 g/mol. The maximum absolute atomic E-state index is 0. The molecule has 0 aromatic rings. The van der Waals surface area contributed by atoms with Gasteiger partial charge in [0, 0.05) is 0 Å². The van der Waals surface area contributed by atoms with E-state index < -0.39 is 0 Å². The minimum Gasteiger partial charge on any atom is -0.412 e. The molecule has 0 aliphatic rings. The van der Waals surface area contributed by atoms with E-state index in [-0.39, 0.29) is 50.2 Å². The molecule has 0 aromatic heterocycles. The molecule has 0 saturated carbocycles. The van der Waals surface area contributed by atoms with Gasteiger partial charge in [-0.05, 0) is 0 Å². The number of rotatable bonds is 0. The molecular formula is H12AlO6+3. The third kappa shape index (κ3) is 1360. The van der Waals surface area contributed by atoms with E-state index in [9.17, 15) is 0 Å². The normalized spacial score (nSPS) is 0. The van der Waals surface area contributed by atoms with Crippen molar-refractivity contribution in [2.45, 2.75) is 0 Å². The zero-order chi connectivity index (χ0) is 0. The fourth-order valence-corrected chi connectivity index (χ4v) is 0. The smallest absolute Gasteiger partial charge is 0.412 e. The van der Waals surface area contributed by atoms with Crippen LogP contribution in [0.5, 0.6) is 0 Å². The fraction of sp³-hybridized carbons (Fsp3) is 0. The average molecular weight is 135 g/mol. The molecule has 0 heterocycles. The van der Waals surface area contributed by atoms with Crippen molar-refractivity contribution in [2.75, 3.05) is 0 Å². The maximum Gasteiger partial charge on any atom is 3.00 e. The standard InChI is InChI=1S/Al.6H2O/h;6*1H2/q+3;;;;;;. The first-order valence-corrected chi connectivity index (χ1v) is 0. The van der Waals surface area contributed by atoms with Crippen molar-refractivity contribution in [3.05, 3.63) is 0 Å². The Morgan fingerprint density at radius 2 is 0.286 bits per heavy atom. The summed E-state index contributed by atoms with van der Waals surface area (Å²) in [5, 5.41) is 0. The Morgan fingerprint density at radius 3 is 0.286 bits per heavy atom. The third-order valence-electron chi connectivity index (χ3n) is 0. The first kappa shape index (κ1) is 3380. The van der Waals surface area contributed by atoms with E-state index in [4.69, 9.17) is 0 Å². The van der Waals surface area contributed by atoms with Crippen molar-refractivity contribution in [3.63, 3.8) is 0 Å². The van der Waals surface area contributed by atoms with Gasteiger partial charge >= 0.3 is 17.4 Å². The van der Waals surface area contributed by atoms with E-state index in [0.29, 0.717) is 0 Å². The van der Waals surface area contributed by atoms with E-state index in [0.717, 1.165) is 0 Å². The summed E-state index contributed by atoms with van der Waals surface area (Å²) in [4.78, 5) is 0. The van der Waals surface area contributed by atoms with Crippen LogP contribution in [0.3, 0.4) is 0 Å². The summed E-state index contributed by atoms with van der Waals surface area (Å²) in [6.45, 7) is 0. The fourth-order valence-electron chi connectivity index (χ4n) is 0. The molecule has 0 radical (unpaired) electrons. The van der Waals surface area contributed by atoms with Gasteiger partial charge in [-0.25, -0.2) is 0 Å². The van der Waals surface area contributed by atoms with E-state index in [1.165, 1.54) is 0 Å². The van der Waals surface area contributed by atoms with Crippen LogP contribution in [0.1, 0.15) is 0 Å². The Balaban J connectivity index is 0. The summed E-state index contributed by atoms with van der Waals surface area (Å²) in [5.74, 6) is 0. The van der Waals surface area contributed by atoms with Gasteiger partial charge in [0.25, 0.3) is 0 Å². The van der Waals surface area contributed by atoms with Crippen molar-refractivity contribution in [3.8, 4) is 0 Å². The summed E-state index contributed by atoms with van der Waals surface area (Å²) in [7, 11) is 0. The molecule has 7 heteroatoms. The molecule has 0 unspecified atom stereocenters. The molecule has 0 rings (SSSR count). The third-order valence-corrected chi connectivity index (χ3v) is 0. The van der Waals surface area contributed by atoms with E-state index in [2.05, 4.69) is 0 Å². The quantitative estimate of drug-likeness (QED) is 0.287. The van der Waals surface area contributed by atoms with Crippen LogP contribution in [-0.2, 0) is 0 Å². The van der Waals surface area contributed by atoms with E-state index in [1.807, 2.05) is 0 Å². The molecule has 0 saturated heterocycles. The van der Waals surface area contributed by atoms with Crippen molar-refractivity contribution >= 4 is 17.4 Å². The second kappa shape index (κ2) is 2060. The van der Waals surface area contributed by atoms with Gasteiger partial charge in [0.15, 0.2) is 0 Å². The topological polar surface area (TPSA) is 189 Å². The van der Waals surface area contributed by atoms with E-state index in [1.54, 1.807) is 0 Å². The van der Waals surface area contributed by atoms with Gasteiger partial charge in [-0.2, -0.15) is 0 Å². The zero-order valence-corrected chi connectivity index (χ0v) is 4.73. The summed E-state index contributed by atoms with van der Waals surface area (Å²) >= 11 is 0. The van der Waals surface area contributed by atoms with Crippen molar-refractivity contribution < 1.29 is 32.9 Å². The van der Waals surface area contributed by atoms with Gasteiger partial charge in [0.05, 0.1) is 0 Å². The maximum atomic E-state index is 0. The molecule has 0 amide bonds. The van der Waals surface area contributed by atoms with Crippen molar-refractivity contribution in [1.82, 2.24) is 0 Å². The molecule has 0 aromatic carbocycles. The van der Waals surface area contributed by atoms with Gasteiger partial charge < -0.3 is 32.9 Å². The van der Waals surface area contributed by atoms with Crippen LogP contribution in [0, 0.1) is 0 Å². The summed E-state index contributed by atoms with van der Waals surface area (Å²) < 4.78 is 0. The van der Waals surface area contributed by atoms with Crippen LogP contribution in [0.25, 0.3) is 0 Å². The van der Waals surface area contributed by atoms with E-state index >= 15 is 0 Å². The Kier molecular flexibility index (Phi) is 994000. The predicted octanol–water partition coefficient (Wildman–Crippen LogP) is -5.33. The van der Waals surface area contributed by atoms with Crippen LogP contribution in [-0.4, -0.2) is 50.2 Å². The minimum atomic E-state index is 0. The number of hydrogen-bond donors (Lipinski definition) is 0. The van der Waals surface area contributed by atoms with Crippen LogP contribution in [0.15, 0.2) is 0 Å². The molecule has 48 valence electrons. The van der Waals surface area contributed by atoms with Gasteiger partial charge in [-0.1, -0.05) is 0 Å². The molecule has 0 aliphatic heterocycles. The van der Waals surface area contributed by atoms with Crippen LogP contribution in [0.4, 0.5) is 0 Å². The molecule has 7 heavy (non-hydrogen) atoms. The Bertz CT molecular complexity index is 4.14. The van der Waals surface area contributed by atoms with Crippen molar-refractivity contribution in [1.29, 1.82) is 0 Å². The molecule has 0 atom stereocenters. The number of hydrogen-bond acceptors (Lipinski definition) is 0. The Labute approximate surface area is 51.1 Å². The van der Waals surface area contributed by atoms with Crippen LogP contribution < -0.4 is 0 Å². The van der Waals surface area contributed by atoms with Gasteiger partial charge in [0.1, 0.15) is 0 Å². The molecule has 0 aliphatic carbocycles. The van der Waals surface area contributed by atoms with Gasteiger partial charge in [-0.15, -0.1) is 0 Å². The first-order chi connectivity index (χ1) is 0. The molecule has 0 bridgehead atoms.